The van der Waals surface area contributed by atoms with Gasteiger partial charge in [0.05, 0.1) is 23.2 Å². The number of nitrogens with zero attached hydrogens (tertiary/aromatic N) is 4. The average molecular weight is 385 g/mol. The van der Waals surface area contributed by atoms with Crippen molar-refractivity contribution in [1.29, 1.82) is 0 Å². The third-order valence-electron chi connectivity index (χ3n) is 5.15. The Morgan fingerprint density at radius 1 is 1.30 bits per heavy atom. The number of piperidine rings is 1. The Hall–Kier alpha value is -3.14. The normalized spacial score (nSPS) is 21.3. The summed E-state index contributed by atoms with van der Waals surface area (Å²) in [5.41, 5.74) is 7.40. The summed E-state index contributed by atoms with van der Waals surface area (Å²) in [6.07, 6.45) is 1.65. The Labute approximate surface area is 157 Å². The van der Waals surface area contributed by atoms with Crippen LogP contribution in [0.4, 0.5) is 10.8 Å². The summed E-state index contributed by atoms with van der Waals surface area (Å²) in [5.74, 6) is -0.580. The number of hydrogen-bond donors (Lipinski definition) is 2. The summed E-state index contributed by atoms with van der Waals surface area (Å²) in [4.78, 5) is 35.3. The van der Waals surface area contributed by atoms with E-state index in [0.29, 0.717) is 30.2 Å². The third-order valence-corrected chi connectivity index (χ3v) is 5.95. The molecule has 0 aliphatic carbocycles. The van der Waals surface area contributed by atoms with E-state index in [0.717, 1.165) is 17.0 Å². The number of carbonyl (C=O) groups is 2. The lowest BCUT2D eigenvalue weighted by Gasteiger charge is -2.54. The number of aromatic nitrogens is 2. The minimum atomic E-state index is -0.893. The number of anilines is 1. The van der Waals surface area contributed by atoms with Gasteiger partial charge in [-0.3, -0.25) is 9.69 Å². The molecular weight excluding hydrogens is 370 g/mol. The lowest BCUT2D eigenvalue weighted by atomic mass is 9.88. The van der Waals surface area contributed by atoms with E-state index in [4.69, 9.17) is 10.2 Å². The molecule has 2 atom stereocenters. The predicted octanol–water partition coefficient (Wildman–Crippen LogP) is 1.99. The first-order valence-electron chi connectivity index (χ1n) is 8.42. The van der Waals surface area contributed by atoms with E-state index in [1.807, 2.05) is 10.3 Å². The van der Waals surface area contributed by atoms with Gasteiger partial charge in [0.1, 0.15) is 10.5 Å². The molecule has 3 aromatic rings. The number of amides is 2. The fourth-order valence-electron chi connectivity index (χ4n) is 3.93. The van der Waals surface area contributed by atoms with Gasteiger partial charge in [-0.05, 0) is 18.6 Å². The molecule has 2 bridgehead atoms. The molecule has 9 nitrogen and oxygen atoms in total. The fraction of sp³-hybridized carbons (Fsp3) is 0.294. The maximum absolute atomic E-state index is 11.8. The number of oxazole rings is 1. The van der Waals surface area contributed by atoms with Crippen LogP contribution in [0.2, 0.25) is 0 Å². The largest absolute Gasteiger partial charge is 0.465 e. The topological polar surface area (TPSA) is 126 Å². The van der Waals surface area contributed by atoms with Crippen LogP contribution in [-0.4, -0.2) is 57.1 Å². The minimum absolute atomic E-state index is 0.0645. The first kappa shape index (κ1) is 16.1. The Balaban J connectivity index is 1.57. The van der Waals surface area contributed by atoms with Crippen LogP contribution in [-0.2, 0) is 0 Å². The Kier molecular flexibility index (Phi) is 3.38. The number of carboxylic acid groups (broad SMARTS) is 1. The van der Waals surface area contributed by atoms with Gasteiger partial charge >= 0.3 is 6.09 Å². The zero-order valence-electron chi connectivity index (χ0n) is 14.0. The third kappa shape index (κ3) is 2.36. The van der Waals surface area contributed by atoms with Gasteiger partial charge in [0, 0.05) is 24.7 Å². The molecule has 1 aromatic carbocycles. The molecular formula is C17H15N5O4S. The number of carbonyl (C=O) groups excluding carboxylic acids is 1. The highest BCUT2D eigenvalue weighted by Gasteiger charge is 2.48. The van der Waals surface area contributed by atoms with Gasteiger partial charge in [-0.25, -0.2) is 9.78 Å². The molecule has 3 saturated heterocycles. The van der Waals surface area contributed by atoms with Crippen molar-refractivity contribution < 1.29 is 19.1 Å². The molecule has 2 amide bonds. The zero-order chi connectivity index (χ0) is 18.7. The SMILES string of the molecule is NC(=O)c1ccc(-c2nccs2)c2oc(N3CC4CC(C3)N4C(=O)O)nc12. The van der Waals surface area contributed by atoms with Crippen LogP contribution in [0, 0.1) is 0 Å². The maximum Gasteiger partial charge on any atom is 0.407 e. The highest BCUT2D eigenvalue weighted by atomic mass is 32.1. The van der Waals surface area contributed by atoms with Crippen LogP contribution in [0.1, 0.15) is 16.8 Å². The molecule has 10 heteroatoms. The van der Waals surface area contributed by atoms with Crippen LogP contribution >= 0.6 is 11.3 Å². The second kappa shape index (κ2) is 5.68. The van der Waals surface area contributed by atoms with Crippen molar-refractivity contribution in [3.63, 3.8) is 0 Å². The van der Waals surface area contributed by atoms with Gasteiger partial charge in [-0.15, -0.1) is 11.3 Å². The van der Waals surface area contributed by atoms with E-state index in [2.05, 4.69) is 9.97 Å². The summed E-state index contributed by atoms with van der Waals surface area (Å²) >= 11 is 1.46. The number of thiazole rings is 1. The summed E-state index contributed by atoms with van der Waals surface area (Å²) in [6, 6.07) is 3.63. The molecule has 0 radical (unpaired) electrons. The molecule has 3 N–H and O–H groups in total. The number of nitrogens with two attached hydrogens (primary N) is 1. The van der Waals surface area contributed by atoms with Crippen molar-refractivity contribution in [3.8, 4) is 10.6 Å². The van der Waals surface area contributed by atoms with Crippen molar-refractivity contribution in [3.05, 3.63) is 29.3 Å². The van der Waals surface area contributed by atoms with Crippen LogP contribution in [0.25, 0.3) is 21.7 Å². The van der Waals surface area contributed by atoms with Gasteiger partial charge in [0.2, 0.25) is 0 Å². The lowest BCUT2D eigenvalue weighted by molar-refractivity contribution is 0.0101. The second-order valence-electron chi connectivity index (χ2n) is 6.67. The Morgan fingerprint density at radius 2 is 2.07 bits per heavy atom. The number of fused-ring (bicyclic) bond motifs is 3. The predicted molar refractivity (Wildman–Crippen MR) is 97.9 cm³/mol. The van der Waals surface area contributed by atoms with E-state index in [-0.39, 0.29) is 17.6 Å². The highest BCUT2D eigenvalue weighted by Crippen LogP contribution is 2.38. The molecule has 6 rings (SSSR count). The van der Waals surface area contributed by atoms with Crippen molar-refractivity contribution in [1.82, 2.24) is 14.9 Å². The molecule has 3 aliphatic rings. The van der Waals surface area contributed by atoms with E-state index in [1.54, 1.807) is 18.3 Å². The minimum Gasteiger partial charge on any atom is -0.465 e. The first-order chi connectivity index (χ1) is 13.0. The van der Waals surface area contributed by atoms with Crippen molar-refractivity contribution in [2.75, 3.05) is 18.0 Å². The van der Waals surface area contributed by atoms with Crippen molar-refractivity contribution in [2.24, 2.45) is 5.73 Å². The molecule has 0 spiro atoms. The number of primary amides is 1. The van der Waals surface area contributed by atoms with Gasteiger partial charge in [-0.2, -0.15) is 4.98 Å². The monoisotopic (exact) mass is 385 g/mol. The van der Waals surface area contributed by atoms with Crippen LogP contribution in [0.3, 0.4) is 0 Å². The van der Waals surface area contributed by atoms with E-state index < -0.39 is 12.0 Å². The van der Waals surface area contributed by atoms with Crippen molar-refractivity contribution in [2.45, 2.75) is 18.5 Å². The first-order valence-corrected chi connectivity index (χ1v) is 9.30. The molecule has 138 valence electrons. The number of benzene rings is 1. The number of hydrogen-bond acceptors (Lipinski definition) is 7. The summed E-state index contributed by atoms with van der Waals surface area (Å²) in [6.45, 7) is 1.02. The summed E-state index contributed by atoms with van der Waals surface area (Å²) < 4.78 is 6.03. The van der Waals surface area contributed by atoms with E-state index in [1.165, 1.54) is 16.2 Å². The van der Waals surface area contributed by atoms with E-state index >= 15 is 0 Å². The highest BCUT2D eigenvalue weighted by molar-refractivity contribution is 7.13. The van der Waals surface area contributed by atoms with Crippen LogP contribution < -0.4 is 10.6 Å². The molecule has 2 aromatic heterocycles. The Morgan fingerprint density at radius 3 is 2.70 bits per heavy atom. The zero-order valence-corrected chi connectivity index (χ0v) is 14.8. The molecule has 3 aliphatic heterocycles. The van der Waals surface area contributed by atoms with Gasteiger partial charge < -0.3 is 20.2 Å². The van der Waals surface area contributed by atoms with E-state index in [9.17, 15) is 14.7 Å². The quantitative estimate of drug-likeness (QED) is 0.706. The molecule has 3 fully saturated rings. The van der Waals surface area contributed by atoms with Crippen LogP contribution in [0.15, 0.2) is 28.1 Å². The molecule has 0 saturated carbocycles. The fourth-order valence-corrected chi connectivity index (χ4v) is 4.59. The maximum atomic E-state index is 11.8. The summed E-state index contributed by atoms with van der Waals surface area (Å²) in [5, 5.41) is 11.9. The van der Waals surface area contributed by atoms with Crippen molar-refractivity contribution >= 4 is 40.5 Å². The smallest absolute Gasteiger partial charge is 0.407 e. The van der Waals surface area contributed by atoms with Crippen LogP contribution in [0.5, 0.6) is 0 Å². The number of rotatable bonds is 3. The second-order valence-corrected chi connectivity index (χ2v) is 7.57. The molecule has 5 heterocycles. The standard InChI is InChI=1S/C17H15N5O4S/c18-14(23)10-1-2-11(15-19-3-4-27-15)13-12(10)20-16(26-13)21-6-8-5-9(7-21)22(8)17(24)25/h1-4,8-9H,5-7H2,(H2,18,23)(H,24,25). The molecule has 27 heavy (non-hydrogen) atoms. The van der Waals surface area contributed by atoms with Gasteiger partial charge in [0.25, 0.3) is 11.9 Å². The average Bonchev–Trinajstić information content (AvgIpc) is 3.30. The lowest BCUT2D eigenvalue weighted by Crippen LogP contribution is -2.70. The summed E-state index contributed by atoms with van der Waals surface area (Å²) in [7, 11) is 0. The van der Waals surface area contributed by atoms with Gasteiger partial charge in [0.15, 0.2) is 5.58 Å². The number of piperazine rings is 1. The van der Waals surface area contributed by atoms with Gasteiger partial charge in [-0.1, -0.05) is 0 Å². The Bertz CT molecular complexity index is 1050. The molecule has 2 unspecified atom stereocenters.